The van der Waals surface area contributed by atoms with Gasteiger partial charge in [0.2, 0.25) is 11.5 Å². The van der Waals surface area contributed by atoms with E-state index in [1.54, 1.807) is 6.07 Å². The van der Waals surface area contributed by atoms with Crippen LogP contribution in [0, 0.1) is 28.8 Å². The van der Waals surface area contributed by atoms with Gasteiger partial charge in [0.1, 0.15) is 28.1 Å². The van der Waals surface area contributed by atoms with Crippen molar-refractivity contribution < 1.29 is 45.0 Å². The van der Waals surface area contributed by atoms with Gasteiger partial charge in [-0.05, 0) is 50.0 Å². The van der Waals surface area contributed by atoms with Crippen LogP contribution in [-0.2, 0) is 21.0 Å². The van der Waals surface area contributed by atoms with Crippen molar-refractivity contribution in [3.8, 4) is 23.3 Å². The molecule has 1 aromatic heterocycles. The number of hydrogen-bond donors (Lipinski definition) is 4. The molecular weight excluding hydrogens is 608 g/mol. The Morgan fingerprint density at radius 2 is 1.71 bits per heavy atom. The molecule has 0 radical (unpaired) electrons. The molecule has 0 bridgehead atoms. The summed E-state index contributed by atoms with van der Waals surface area (Å²) < 4.78 is 101. The van der Waals surface area contributed by atoms with Crippen molar-refractivity contribution in [1.82, 2.24) is 4.72 Å². The van der Waals surface area contributed by atoms with Crippen LogP contribution in [0.4, 0.5) is 13.2 Å². The molecule has 6 N–H and O–H groups in total. The number of ether oxygens (including phenoxy) is 2. The number of nitrogens with two attached hydrogens (primary N) is 2. The van der Waals surface area contributed by atoms with Crippen LogP contribution in [0.3, 0.4) is 0 Å². The van der Waals surface area contributed by atoms with E-state index < -0.39 is 62.8 Å². The van der Waals surface area contributed by atoms with Crippen molar-refractivity contribution in [3.63, 3.8) is 0 Å². The molecule has 0 saturated heterocycles. The zero-order valence-electron chi connectivity index (χ0n) is 21.8. The third-order valence-corrected chi connectivity index (χ3v) is 10.00. The number of sulfonamides is 1. The average molecular weight is 637 g/mol. The van der Waals surface area contributed by atoms with Gasteiger partial charge >= 0.3 is 7.60 Å². The van der Waals surface area contributed by atoms with E-state index in [1.807, 2.05) is 4.72 Å². The number of halogens is 3. The number of nitriles is 1. The summed E-state index contributed by atoms with van der Waals surface area (Å²) in [7, 11) is -9.36. The molecule has 1 atom stereocenters. The number of hydrogen-bond acceptors (Lipinski definition) is 10. The van der Waals surface area contributed by atoms with Gasteiger partial charge in [-0.3, -0.25) is 0 Å². The Bertz CT molecular complexity index is 1610. The van der Waals surface area contributed by atoms with Gasteiger partial charge in [-0.1, -0.05) is 6.92 Å². The smallest absolute Gasteiger partial charge is 0.391 e. The van der Waals surface area contributed by atoms with Gasteiger partial charge in [-0.15, -0.1) is 11.3 Å². The van der Waals surface area contributed by atoms with Crippen molar-refractivity contribution in [1.29, 1.82) is 5.26 Å². The SMILES string of the molecule is CCc1c(S(=O)(=O)NCP(=O)(O)Oc2ccc(C#N)c(F)c2)sc2c(F)c(OCCCN)c(OCCCN)c(F)c12. The lowest BCUT2D eigenvalue weighted by atomic mass is 10.1. The van der Waals surface area contributed by atoms with Crippen LogP contribution in [0.2, 0.25) is 0 Å². The summed E-state index contributed by atoms with van der Waals surface area (Å²) in [4.78, 5) is 10.2. The Kier molecular flexibility index (Phi) is 11.0. The third-order valence-electron chi connectivity index (χ3n) is 5.54. The number of thiophene rings is 1. The number of nitrogens with zero attached hydrogens (tertiary/aromatic N) is 1. The molecule has 0 aliphatic carbocycles. The van der Waals surface area contributed by atoms with Crippen molar-refractivity contribution in [2.24, 2.45) is 11.5 Å². The number of nitrogens with one attached hydrogen (secondary N) is 1. The maximum absolute atomic E-state index is 15.8. The van der Waals surface area contributed by atoms with E-state index in [0.717, 1.165) is 12.1 Å². The molecule has 3 rings (SSSR count). The molecule has 0 aliphatic heterocycles. The molecule has 224 valence electrons. The monoisotopic (exact) mass is 636 g/mol. The number of rotatable bonds is 15. The van der Waals surface area contributed by atoms with E-state index in [-0.39, 0.29) is 53.9 Å². The quantitative estimate of drug-likeness (QED) is 0.142. The summed E-state index contributed by atoms with van der Waals surface area (Å²) in [5, 5.41) is 8.47. The Morgan fingerprint density at radius 3 is 2.24 bits per heavy atom. The van der Waals surface area contributed by atoms with Crippen LogP contribution < -0.4 is 30.2 Å². The second-order valence-corrected chi connectivity index (χ2v) is 13.2. The second kappa shape index (κ2) is 13.8. The van der Waals surface area contributed by atoms with Crippen LogP contribution in [0.25, 0.3) is 10.1 Å². The molecule has 0 saturated carbocycles. The molecule has 0 amide bonds. The fraction of sp³-hybridized carbons (Fsp3) is 0.375. The number of benzene rings is 2. The normalized spacial score (nSPS) is 13.1. The first-order valence-electron chi connectivity index (χ1n) is 12.2. The van der Waals surface area contributed by atoms with Crippen molar-refractivity contribution in [2.75, 3.05) is 32.6 Å². The predicted molar refractivity (Wildman–Crippen MR) is 146 cm³/mol. The molecule has 0 spiro atoms. The lowest BCUT2D eigenvalue weighted by Gasteiger charge is -2.16. The number of aryl methyl sites for hydroxylation is 1. The van der Waals surface area contributed by atoms with Gasteiger partial charge in [-0.2, -0.15) is 9.98 Å². The van der Waals surface area contributed by atoms with Crippen molar-refractivity contribution in [2.45, 2.75) is 30.4 Å². The Hall–Kier alpha value is -2.90. The number of fused-ring (bicyclic) bond motifs is 1. The van der Waals surface area contributed by atoms with E-state index >= 15 is 8.78 Å². The summed E-state index contributed by atoms with van der Waals surface area (Å²) >= 11 is 0.409. The molecule has 1 unspecified atom stereocenters. The Morgan fingerprint density at radius 1 is 1.10 bits per heavy atom. The van der Waals surface area contributed by atoms with Crippen molar-refractivity contribution in [3.05, 3.63) is 46.8 Å². The van der Waals surface area contributed by atoms with E-state index in [2.05, 4.69) is 0 Å². The first-order chi connectivity index (χ1) is 19.4. The molecule has 17 heteroatoms. The highest BCUT2D eigenvalue weighted by atomic mass is 32.2. The topological polar surface area (TPSA) is 187 Å². The maximum atomic E-state index is 15.8. The molecular formula is C24H28F3N4O7PS2. The molecule has 0 aliphatic rings. The minimum absolute atomic E-state index is 0.0555. The van der Waals surface area contributed by atoms with Gasteiger partial charge in [-0.25, -0.2) is 26.2 Å². The highest BCUT2D eigenvalue weighted by molar-refractivity contribution is 7.92. The van der Waals surface area contributed by atoms with Crippen LogP contribution in [0.5, 0.6) is 17.2 Å². The zero-order chi connectivity index (χ0) is 30.4. The van der Waals surface area contributed by atoms with E-state index in [9.17, 15) is 22.3 Å². The fourth-order valence-electron chi connectivity index (χ4n) is 3.63. The van der Waals surface area contributed by atoms with Crippen LogP contribution in [0.1, 0.15) is 30.9 Å². The molecule has 2 aromatic carbocycles. The molecule has 0 fully saturated rings. The molecule has 1 heterocycles. The molecule has 11 nitrogen and oxygen atoms in total. The summed E-state index contributed by atoms with van der Waals surface area (Å²) in [6.07, 6.45) is -0.554. The largest absolute Gasteiger partial charge is 0.487 e. The Balaban J connectivity index is 1.99. The first kappa shape index (κ1) is 32.6. The first-order valence-corrected chi connectivity index (χ1v) is 16.3. The summed E-state index contributed by atoms with van der Waals surface area (Å²) in [5.41, 5.74) is 10.5. The molecule has 41 heavy (non-hydrogen) atoms. The minimum Gasteiger partial charge on any atom is -0.487 e. The van der Waals surface area contributed by atoms with Crippen LogP contribution >= 0.6 is 18.9 Å². The predicted octanol–water partition coefficient (Wildman–Crippen LogP) is 3.71. The fourth-order valence-corrected chi connectivity index (χ4v) is 8.09. The van der Waals surface area contributed by atoms with Gasteiger partial charge < -0.3 is 30.4 Å². The summed E-state index contributed by atoms with van der Waals surface area (Å²) in [5.74, 6) is -4.57. The van der Waals surface area contributed by atoms with Gasteiger partial charge in [0, 0.05) is 11.5 Å². The van der Waals surface area contributed by atoms with E-state index in [4.69, 9.17) is 30.7 Å². The maximum Gasteiger partial charge on any atom is 0.391 e. The van der Waals surface area contributed by atoms with E-state index in [0.29, 0.717) is 30.2 Å². The van der Waals surface area contributed by atoms with Crippen LogP contribution in [-0.4, -0.2) is 45.9 Å². The average Bonchev–Trinajstić information content (AvgIpc) is 3.33. The van der Waals surface area contributed by atoms with Gasteiger partial charge in [0.05, 0.1) is 23.5 Å². The highest BCUT2D eigenvalue weighted by Gasteiger charge is 2.33. The van der Waals surface area contributed by atoms with Crippen LogP contribution in [0.15, 0.2) is 22.4 Å². The third kappa shape index (κ3) is 7.49. The Labute approximate surface area is 238 Å². The van der Waals surface area contributed by atoms with E-state index in [1.165, 1.54) is 6.92 Å². The van der Waals surface area contributed by atoms with Gasteiger partial charge in [0.15, 0.2) is 11.6 Å². The zero-order valence-corrected chi connectivity index (χ0v) is 24.3. The highest BCUT2D eigenvalue weighted by Crippen LogP contribution is 2.47. The van der Waals surface area contributed by atoms with Gasteiger partial charge in [0.25, 0.3) is 10.0 Å². The lowest BCUT2D eigenvalue weighted by molar-refractivity contribution is 0.247. The second-order valence-electron chi connectivity index (χ2n) is 8.48. The summed E-state index contributed by atoms with van der Waals surface area (Å²) in [6, 6.07) is 4.36. The summed E-state index contributed by atoms with van der Waals surface area (Å²) in [6.45, 7) is 1.86. The van der Waals surface area contributed by atoms with Crippen molar-refractivity contribution >= 4 is 39.0 Å². The standard InChI is InChI=1S/C24H28F3N4O7PS2/c1-2-16-18-19(26)21(36-9-3-7-28)22(37-10-4-8-29)20(27)23(18)40-24(16)41(34,35)31-13-39(32,33)38-15-6-5-14(12-30)17(25)11-15/h5-6,11,31H,2-4,7-10,13,28-29H2,1H3,(H,32,33). The molecule has 3 aromatic rings. The lowest BCUT2D eigenvalue weighted by Crippen LogP contribution is -2.26. The minimum atomic E-state index is -4.74.